The molecule has 110 valence electrons. The number of nitrogens with zero attached hydrogens (tertiary/aromatic N) is 1. The van der Waals surface area contributed by atoms with E-state index in [1.807, 2.05) is 6.07 Å². The third kappa shape index (κ3) is 3.49. The Kier molecular flexibility index (Phi) is 5.38. The number of hydrogen-bond donors (Lipinski definition) is 1. The van der Waals surface area contributed by atoms with E-state index in [0.29, 0.717) is 11.0 Å². The summed E-state index contributed by atoms with van der Waals surface area (Å²) in [6.45, 7) is 4.45. The van der Waals surface area contributed by atoms with E-state index in [-0.39, 0.29) is 0 Å². The highest BCUT2D eigenvalue weighted by molar-refractivity contribution is 7.80. The lowest BCUT2D eigenvalue weighted by Crippen LogP contribution is -2.38. The summed E-state index contributed by atoms with van der Waals surface area (Å²) in [6, 6.07) is 6.86. The molecule has 1 saturated heterocycles. The molecule has 0 saturated carbocycles. The second kappa shape index (κ2) is 7.04. The molecule has 1 aromatic rings. The number of ether oxygens (including phenoxy) is 1. The van der Waals surface area contributed by atoms with Gasteiger partial charge in [0.15, 0.2) is 0 Å². The van der Waals surface area contributed by atoms with Crippen molar-refractivity contribution >= 4 is 17.2 Å². The van der Waals surface area contributed by atoms with Gasteiger partial charge in [0.25, 0.3) is 0 Å². The van der Waals surface area contributed by atoms with Crippen LogP contribution >= 0.6 is 12.2 Å². The molecule has 1 aromatic carbocycles. The number of hydrogen-bond acceptors (Lipinski definition) is 3. The van der Waals surface area contributed by atoms with Crippen LogP contribution in [-0.2, 0) is 6.54 Å². The molecule has 20 heavy (non-hydrogen) atoms. The number of rotatable bonds is 5. The van der Waals surface area contributed by atoms with Gasteiger partial charge in [-0.05, 0) is 43.5 Å². The van der Waals surface area contributed by atoms with Crippen molar-refractivity contribution in [3.05, 3.63) is 29.3 Å². The van der Waals surface area contributed by atoms with E-state index in [4.69, 9.17) is 22.7 Å². The molecule has 0 spiro atoms. The molecule has 1 aliphatic heterocycles. The zero-order valence-corrected chi connectivity index (χ0v) is 13.2. The van der Waals surface area contributed by atoms with Gasteiger partial charge in [-0.2, -0.15) is 0 Å². The largest absolute Gasteiger partial charge is 0.496 e. The van der Waals surface area contributed by atoms with Crippen LogP contribution in [0.1, 0.15) is 43.7 Å². The maximum atomic E-state index is 5.71. The van der Waals surface area contributed by atoms with Gasteiger partial charge in [-0.1, -0.05) is 31.6 Å². The Bertz CT molecular complexity index is 476. The minimum atomic E-state index is 0.387. The smallest absolute Gasteiger partial charge is 0.129 e. The molecule has 2 N–H and O–H groups in total. The fourth-order valence-corrected chi connectivity index (χ4v) is 3.17. The first kappa shape index (κ1) is 15.3. The van der Waals surface area contributed by atoms with Gasteiger partial charge in [-0.15, -0.1) is 0 Å². The third-order valence-electron chi connectivity index (χ3n) is 4.14. The van der Waals surface area contributed by atoms with Crippen LogP contribution in [0.3, 0.4) is 0 Å². The molecule has 0 amide bonds. The molecule has 3 nitrogen and oxygen atoms in total. The zero-order chi connectivity index (χ0) is 14.5. The van der Waals surface area contributed by atoms with Gasteiger partial charge < -0.3 is 10.5 Å². The van der Waals surface area contributed by atoms with Crippen molar-refractivity contribution in [1.29, 1.82) is 0 Å². The van der Waals surface area contributed by atoms with E-state index >= 15 is 0 Å². The van der Waals surface area contributed by atoms with Crippen LogP contribution in [0.15, 0.2) is 18.2 Å². The van der Waals surface area contributed by atoms with E-state index in [1.165, 1.54) is 37.8 Å². The summed E-state index contributed by atoms with van der Waals surface area (Å²) >= 11 is 5.05. The first-order chi connectivity index (χ1) is 9.65. The van der Waals surface area contributed by atoms with E-state index in [0.717, 1.165) is 17.9 Å². The molecule has 0 bridgehead atoms. The fourth-order valence-electron chi connectivity index (χ4n) is 3.00. The molecule has 1 aliphatic rings. The highest BCUT2D eigenvalue weighted by atomic mass is 32.1. The van der Waals surface area contributed by atoms with Gasteiger partial charge in [0.1, 0.15) is 10.7 Å². The average molecular weight is 292 g/mol. The molecule has 0 radical (unpaired) electrons. The van der Waals surface area contributed by atoms with Crippen LogP contribution in [0, 0.1) is 0 Å². The molecule has 1 atom stereocenters. The second-order valence-corrected chi connectivity index (χ2v) is 5.87. The van der Waals surface area contributed by atoms with Crippen molar-refractivity contribution in [3.8, 4) is 5.75 Å². The standard InChI is InChI=1S/C16H24N2OS/c1-3-13-6-4-5-9-18(13)11-12-7-8-14(16(17)20)15(10-12)19-2/h7-8,10,13H,3-6,9,11H2,1-2H3,(H2,17,20). The third-order valence-corrected chi connectivity index (χ3v) is 4.36. The molecule has 0 aliphatic carbocycles. The van der Waals surface area contributed by atoms with Crippen molar-refractivity contribution in [1.82, 2.24) is 4.90 Å². The van der Waals surface area contributed by atoms with Crippen molar-refractivity contribution in [3.63, 3.8) is 0 Å². The number of nitrogens with two attached hydrogens (primary N) is 1. The molecular weight excluding hydrogens is 268 g/mol. The van der Waals surface area contributed by atoms with Crippen LogP contribution in [-0.4, -0.2) is 29.6 Å². The topological polar surface area (TPSA) is 38.5 Å². The van der Waals surface area contributed by atoms with Gasteiger partial charge in [0, 0.05) is 12.6 Å². The predicted octanol–water partition coefficient (Wildman–Crippen LogP) is 3.09. The lowest BCUT2D eigenvalue weighted by molar-refractivity contribution is 0.136. The Morgan fingerprint density at radius 3 is 2.90 bits per heavy atom. The van der Waals surface area contributed by atoms with Gasteiger partial charge in [-0.25, -0.2) is 0 Å². The minimum Gasteiger partial charge on any atom is -0.496 e. The van der Waals surface area contributed by atoms with E-state index in [2.05, 4.69) is 24.0 Å². The van der Waals surface area contributed by atoms with Gasteiger partial charge in [0.2, 0.25) is 0 Å². The quantitative estimate of drug-likeness (QED) is 0.846. The Morgan fingerprint density at radius 1 is 1.45 bits per heavy atom. The first-order valence-electron chi connectivity index (χ1n) is 7.36. The molecule has 4 heteroatoms. The van der Waals surface area contributed by atoms with Crippen LogP contribution < -0.4 is 10.5 Å². The monoisotopic (exact) mass is 292 g/mol. The molecule has 0 aromatic heterocycles. The van der Waals surface area contributed by atoms with Crippen molar-refractivity contribution in [2.24, 2.45) is 5.73 Å². The van der Waals surface area contributed by atoms with Crippen LogP contribution in [0.25, 0.3) is 0 Å². The lowest BCUT2D eigenvalue weighted by Gasteiger charge is -2.35. The summed E-state index contributed by atoms with van der Waals surface area (Å²) in [4.78, 5) is 2.97. The Morgan fingerprint density at radius 2 is 2.25 bits per heavy atom. The van der Waals surface area contributed by atoms with Crippen molar-refractivity contribution in [2.75, 3.05) is 13.7 Å². The van der Waals surface area contributed by atoms with Crippen LogP contribution in [0.5, 0.6) is 5.75 Å². The first-order valence-corrected chi connectivity index (χ1v) is 7.77. The van der Waals surface area contributed by atoms with Gasteiger partial charge >= 0.3 is 0 Å². The fraction of sp³-hybridized carbons (Fsp3) is 0.562. The summed E-state index contributed by atoms with van der Waals surface area (Å²) in [5, 5.41) is 0. The summed E-state index contributed by atoms with van der Waals surface area (Å²) in [6.07, 6.45) is 5.21. The number of thiocarbonyl (C=S) groups is 1. The predicted molar refractivity (Wildman–Crippen MR) is 87.2 cm³/mol. The Balaban J connectivity index is 2.14. The van der Waals surface area contributed by atoms with E-state index in [9.17, 15) is 0 Å². The van der Waals surface area contributed by atoms with Crippen LogP contribution in [0.2, 0.25) is 0 Å². The second-order valence-electron chi connectivity index (χ2n) is 5.43. The number of methoxy groups -OCH3 is 1. The zero-order valence-electron chi connectivity index (χ0n) is 12.4. The maximum Gasteiger partial charge on any atom is 0.129 e. The lowest BCUT2D eigenvalue weighted by atomic mass is 9.99. The molecule has 2 rings (SSSR count). The van der Waals surface area contributed by atoms with E-state index in [1.54, 1.807) is 7.11 Å². The summed E-state index contributed by atoms with van der Waals surface area (Å²) in [5.74, 6) is 0.778. The van der Waals surface area contributed by atoms with Gasteiger partial charge in [-0.3, -0.25) is 4.90 Å². The summed E-state index contributed by atoms with van der Waals surface area (Å²) in [5.41, 5.74) is 7.79. The Labute approximate surface area is 127 Å². The average Bonchev–Trinajstić information content (AvgIpc) is 2.47. The summed E-state index contributed by atoms with van der Waals surface area (Å²) in [7, 11) is 1.66. The molecule has 1 unspecified atom stereocenters. The molecule has 1 fully saturated rings. The van der Waals surface area contributed by atoms with Gasteiger partial charge in [0.05, 0.1) is 12.7 Å². The minimum absolute atomic E-state index is 0.387. The van der Waals surface area contributed by atoms with Crippen molar-refractivity contribution in [2.45, 2.75) is 45.2 Å². The number of likely N-dealkylation sites (tertiary alicyclic amines) is 1. The van der Waals surface area contributed by atoms with E-state index < -0.39 is 0 Å². The maximum absolute atomic E-state index is 5.71. The Hall–Kier alpha value is -1.13. The highest BCUT2D eigenvalue weighted by Crippen LogP contribution is 2.25. The molecular formula is C16H24N2OS. The number of piperidine rings is 1. The highest BCUT2D eigenvalue weighted by Gasteiger charge is 2.21. The SMILES string of the molecule is CCC1CCCCN1Cc1ccc(C(N)=S)c(OC)c1. The molecule has 1 heterocycles. The normalized spacial score (nSPS) is 19.8. The van der Waals surface area contributed by atoms with Crippen LogP contribution in [0.4, 0.5) is 0 Å². The number of benzene rings is 1. The van der Waals surface area contributed by atoms with Crippen molar-refractivity contribution < 1.29 is 4.74 Å². The summed E-state index contributed by atoms with van der Waals surface area (Å²) < 4.78 is 5.40.